The first-order valence-electron chi connectivity index (χ1n) is 3.36. The molecule has 1 rings (SSSR count). The summed E-state index contributed by atoms with van der Waals surface area (Å²) < 4.78 is 1.80. The van der Waals surface area contributed by atoms with Gasteiger partial charge < -0.3 is 0 Å². The van der Waals surface area contributed by atoms with Crippen molar-refractivity contribution in [2.24, 2.45) is 12.0 Å². The van der Waals surface area contributed by atoms with Crippen molar-refractivity contribution in [3.63, 3.8) is 0 Å². The molecule has 1 aromatic heterocycles. The Hall–Kier alpha value is -1.38. The van der Waals surface area contributed by atoms with Crippen LogP contribution in [0, 0.1) is 6.92 Å². The maximum absolute atomic E-state index is 4.07. The molecule has 0 aliphatic rings. The number of rotatable bonds is 2. The van der Waals surface area contributed by atoms with E-state index in [-0.39, 0.29) is 0 Å². The van der Waals surface area contributed by atoms with Crippen molar-refractivity contribution in [2.75, 3.05) is 0 Å². The second-order valence-electron chi connectivity index (χ2n) is 2.33. The Morgan fingerprint density at radius 1 is 1.73 bits per heavy atom. The molecule has 0 saturated heterocycles. The Labute approximate surface area is 66.1 Å². The first kappa shape index (κ1) is 7.72. The number of aliphatic imine (C=N–C) groups is 1. The molecule has 0 bridgehead atoms. The van der Waals surface area contributed by atoms with E-state index < -0.39 is 0 Å². The predicted molar refractivity (Wildman–Crippen MR) is 46.5 cm³/mol. The molecule has 0 spiro atoms. The number of nitrogens with zero attached hydrogens (tertiary/aromatic N) is 3. The van der Waals surface area contributed by atoms with Gasteiger partial charge in [0.05, 0.1) is 11.9 Å². The molecule has 0 saturated carbocycles. The third-order valence-corrected chi connectivity index (χ3v) is 1.52. The summed E-state index contributed by atoms with van der Waals surface area (Å²) >= 11 is 0. The molecule has 0 N–H and O–H groups in total. The van der Waals surface area contributed by atoms with Crippen LogP contribution >= 0.6 is 0 Å². The van der Waals surface area contributed by atoms with Gasteiger partial charge in [-0.25, -0.2) is 0 Å². The van der Waals surface area contributed by atoms with Crippen LogP contribution in [-0.4, -0.2) is 16.5 Å². The lowest BCUT2D eigenvalue weighted by Gasteiger charge is -1.93. The summed E-state index contributed by atoms with van der Waals surface area (Å²) in [5.74, 6) is 0. The molecule has 0 aromatic carbocycles. The van der Waals surface area contributed by atoms with Gasteiger partial charge in [0.1, 0.15) is 0 Å². The van der Waals surface area contributed by atoms with Crippen molar-refractivity contribution >= 4 is 12.8 Å². The van der Waals surface area contributed by atoms with Gasteiger partial charge >= 0.3 is 0 Å². The fourth-order valence-corrected chi connectivity index (χ4v) is 0.919. The molecular formula is C8H11N3. The average molecular weight is 149 g/mol. The minimum absolute atomic E-state index is 1.07. The van der Waals surface area contributed by atoms with Gasteiger partial charge in [-0.3, -0.25) is 9.67 Å². The van der Waals surface area contributed by atoms with Crippen molar-refractivity contribution in [1.82, 2.24) is 9.78 Å². The summed E-state index contributed by atoms with van der Waals surface area (Å²) in [5.41, 5.74) is 2.21. The third kappa shape index (κ3) is 1.55. The lowest BCUT2D eigenvalue weighted by Crippen LogP contribution is -1.92. The van der Waals surface area contributed by atoms with E-state index in [0.29, 0.717) is 0 Å². The summed E-state index contributed by atoms with van der Waals surface area (Å²) in [6.45, 7) is 5.36. The largest absolute Gasteiger partial charge is 0.272 e. The maximum Gasteiger partial charge on any atom is 0.0651 e. The SMILES string of the molecule is C=N/C=C\c1c(C)cnn1C. The van der Waals surface area contributed by atoms with Crippen molar-refractivity contribution in [3.05, 3.63) is 23.7 Å². The van der Waals surface area contributed by atoms with Crippen molar-refractivity contribution in [2.45, 2.75) is 6.92 Å². The van der Waals surface area contributed by atoms with Gasteiger partial charge in [-0.1, -0.05) is 0 Å². The number of hydrogen-bond acceptors (Lipinski definition) is 2. The van der Waals surface area contributed by atoms with Crippen LogP contribution in [0.2, 0.25) is 0 Å². The molecule has 0 unspecified atom stereocenters. The Kier molecular flexibility index (Phi) is 2.21. The Balaban J connectivity index is 3.00. The normalized spacial score (nSPS) is 10.7. The standard InChI is InChI=1S/C8H11N3/c1-7-6-10-11(3)8(7)4-5-9-2/h4-6H,2H2,1,3H3/b5-4-. The molecule has 0 aliphatic carbocycles. The molecule has 0 aliphatic heterocycles. The molecule has 0 atom stereocenters. The lowest BCUT2D eigenvalue weighted by atomic mass is 10.3. The van der Waals surface area contributed by atoms with Crippen LogP contribution < -0.4 is 0 Å². The van der Waals surface area contributed by atoms with Crippen LogP contribution in [0.25, 0.3) is 6.08 Å². The van der Waals surface area contributed by atoms with E-state index in [2.05, 4.69) is 16.8 Å². The maximum atomic E-state index is 4.07. The highest BCUT2D eigenvalue weighted by molar-refractivity contribution is 5.49. The van der Waals surface area contributed by atoms with Gasteiger partial charge in [0.2, 0.25) is 0 Å². The van der Waals surface area contributed by atoms with E-state index in [0.717, 1.165) is 11.3 Å². The molecule has 1 heterocycles. The fraction of sp³-hybridized carbons (Fsp3) is 0.250. The highest BCUT2D eigenvalue weighted by atomic mass is 15.3. The van der Waals surface area contributed by atoms with Crippen LogP contribution in [0.3, 0.4) is 0 Å². The van der Waals surface area contributed by atoms with E-state index in [1.807, 2.05) is 26.2 Å². The fourth-order valence-electron chi connectivity index (χ4n) is 0.919. The highest BCUT2D eigenvalue weighted by Crippen LogP contribution is 2.06. The minimum atomic E-state index is 1.07. The number of hydrogen-bond donors (Lipinski definition) is 0. The summed E-state index contributed by atoms with van der Waals surface area (Å²) in [5, 5.41) is 4.07. The van der Waals surface area contributed by atoms with Gasteiger partial charge in [-0.05, 0) is 25.3 Å². The van der Waals surface area contributed by atoms with E-state index in [4.69, 9.17) is 0 Å². The first-order chi connectivity index (χ1) is 5.25. The van der Waals surface area contributed by atoms with E-state index in [9.17, 15) is 0 Å². The van der Waals surface area contributed by atoms with Gasteiger partial charge in [0.15, 0.2) is 0 Å². The summed E-state index contributed by atoms with van der Waals surface area (Å²) in [6, 6.07) is 0. The zero-order valence-corrected chi connectivity index (χ0v) is 6.78. The lowest BCUT2D eigenvalue weighted by molar-refractivity contribution is 0.759. The molecule has 58 valence electrons. The smallest absolute Gasteiger partial charge is 0.0651 e. The van der Waals surface area contributed by atoms with Crippen LogP contribution in [0.4, 0.5) is 0 Å². The summed E-state index contributed by atoms with van der Waals surface area (Å²) in [4.78, 5) is 3.62. The van der Waals surface area contributed by atoms with E-state index in [1.54, 1.807) is 10.9 Å². The second kappa shape index (κ2) is 3.14. The van der Waals surface area contributed by atoms with Crippen LogP contribution in [0.1, 0.15) is 11.3 Å². The monoisotopic (exact) mass is 149 g/mol. The second-order valence-corrected chi connectivity index (χ2v) is 2.33. The molecule has 0 radical (unpaired) electrons. The average Bonchev–Trinajstić information content (AvgIpc) is 2.29. The van der Waals surface area contributed by atoms with Gasteiger partial charge in [-0.15, -0.1) is 0 Å². The molecule has 11 heavy (non-hydrogen) atoms. The molecule has 3 heteroatoms. The van der Waals surface area contributed by atoms with Gasteiger partial charge in [-0.2, -0.15) is 5.10 Å². The molecule has 1 aromatic rings. The number of aromatic nitrogens is 2. The van der Waals surface area contributed by atoms with E-state index >= 15 is 0 Å². The Morgan fingerprint density at radius 2 is 2.45 bits per heavy atom. The van der Waals surface area contributed by atoms with Crippen LogP contribution in [0.15, 0.2) is 17.4 Å². The van der Waals surface area contributed by atoms with Crippen LogP contribution in [-0.2, 0) is 7.05 Å². The molecular weight excluding hydrogens is 138 g/mol. The third-order valence-electron chi connectivity index (χ3n) is 1.52. The first-order valence-corrected chi connectivity index (χ1v) is 3.36. The molecule has 3 nitrogen and oxygen atoms in total. The highest BCUT2D eigenvalue weighted by Gasteiger charge is 1.97. The van der Waals surface area contributed by atoms with E-state index in [1.165, 1.54) is 0 Å². The number of aryl methyl sites for hydroxylation is 2. The topological polar surface area (TPSA) is 30.2 Å². The quantitative estimate of drug-likeness (QED) is 0.584. The van der Waals surface area contributed by atoms with Crippen molar-refractivity contribution < 1.29 is 0 Å². The minimum Gasteiger partial charge on any atom is -0.272 e. The van der Waals surface area contributed by atoms with Crippen molar-refractivity contribution in [1.29, 1.82) is 0 Å². The Bertz CT molecular complexity index is 264. The van der Waals surface area contributed by atoms with Crippen molar-refractivity contribution in [3.8, 4) is 0 Å². The van der Waals surface area contributed by atoms with Gasteiger partial charge in [0.25, 0.3) is 0 Å². The Morgan fingerprint density at radius 3 is 2.91 bits per heavy atom. The van der Waals surface area contributed by atoms with Crippen LogP contribution in [0.5, 0.6) is 0 Å². The molecule has 0 amide bonds. The van der Waals surface area contributed by atoms with Gasteiger partial charge in [0, 0.05) is 13.2 Å². The summed E-state index contributed by atoms with van der Waals surface area (Å²) in [6.07, 6.45) is 5.36. The zero-order valence-electron chi connectivity index (χ0n) is 6.78. The predicted octanol–water partition coefficient (Wildman–Crippen LogP) is 1.40. The zero-order chi connectivity index (χ0) is 8.27. The molecule has 0 fully saturated rings. The summed E-state index contributed by atoms with van der Waals surface area (Å²) in [7, 11) is 1.90.